The van der Waals surface area contributed by atoms with Crippen molar-refractivity contribution in [1.82, 2.24) is 15.5 Å². The van der Waals surface area contributed by atoms with E-state index < -0.39 is 0 Å². The van der Waals surface area contributed by atoms with Gasteiger partial charge in [0.25, 0.3) is 0 Å². The molecule has 1 saturated heterocycles. The lowest BCUT2D eigenvalue weighted by atomic mass is 9.78. The predicted octanol–water partition coefficient (Wildman–Crippen LogP) is 2.66. The molecule has 2 fully saturated rings. The number of rotatable bonds is 5. The molecule has 1 aliphatic carbocycles. The topological polar surface area (TPSA) is 61.4 Å². The first-order valence-corrected chi connectivity index (χ1v) is 8.95. The SMILES string of the molecule is CCC(C)NC(=O)NCCC(=O)N1CCCC2CCCCC21. The van der Waals surface area contributed by atoms with Gasteiger partial charge in [-0.15, -0.1) is 0 Å². The van der Waals surface area contributed by atoms with Crippen LogP contribution in [0.1, 0.15) is 65.2 Å². The predicted molar refractivity (Wildman–Crippen MR) is 87.6 cm³/mol. The molecular weight excluding hydrogens is 278 g/mol. The number of hydrogen-bond donors (Lipinski definition) is 2. The number of carbonyl (C=O) groups excluding carboxylic acids is 2. The van der Waals surface area contributed by atoms with E-state index in [0.717, 1.165) is 19.4 Å². The molecule has 2 rings (SSSR count). The van der Waals surface area contributed by atoms with Crippen LogP contribution in [0.5, 0.6) is 0 Å². The van der Waals surface area contributed by atoms with Gasteiger partial charge >= 0.3 is 6.03 Å². The minimum absolute atomic E-state index is 0.167. The fourth-order valence-electron chi connectivity index (χ4n) is 3.74. The van der Waals surface area contributed by atoms with Crippen molar-refractivity contribution in [3.8, 4) is 0 Å². The highest BCUT2D eigenvalue weighted by molar-refractivity contribution is 5.78. The Labute approximate surface area is 134 Å². The lowest BCUT2D eigenvalue weighted by Gasteiger charge is -2.44. The standard InChI is InChI=1S/C17H31N3O2/c1-3-13(2)19-17(22)18-11-10-16(21)20-12-6-8-14-7-4-5-9-15(14)20/h13-15H,3-12H2,1-2H3,(H2,18,19,22). The molecule has 0 aromatic rings. The summed E-state index contributed by atoms with van der Waals surface area (Å²) in [6, 6.07) is 0.459. The first-order chi connectivity index (χ1) is 10.6. The average molecular weight is 309 g/mol. The van der Waals surface area contributed by atoms with Crippen LogP contribution >= 0.6 is 0 Å². The maximum atomic E-state index is 12.5. The van der Waals surface area contributed by atoms with Crippen LogP contribution in [0.2, 0.25) is 0 Å². The Morgan fingerprint density at radius 3 is 2.68 bits per heavy atom. The Morgan fingerprint density at radius 2 is 1.91 bits per heavy atom. The Hall–Kier alpha value is -1.26. The highest BCUT2D eigenvalue weighted by Gasteiger charge is 2.35. The quantitative estimate of drug-likeness (QED) is 0.820. The van der Waals surface area contributed by atoms with Crippen molar-refractivity contribution in [3.63, 3.8) is 0 Å². The van der Waals surface area contributed by atoms with E-state index in [1.165, 1.54) is 32.1 Å². The molecule has 126 valence electrons. The van der Waals surface area contributed by atoms with Gasteiger partial charge in [-0.1, -0.05) is 19.8 Å². The van der Waals surface area contributed by atoms with E-state index in [1.54, 1.807) is 0 Å². The molecule has 5 nitrogen and oxygen atoms in total. The third kappa shape index (κ3) is 4.62. The Morgan fingerprint density at radius 1 is 1.18 bits per heavy atom. The highest BCUT2D eigenvalue weighted by atomic mass is 16.2. The molecule has 2 N–H and O–H groups in total. The minimum atomic E-state index is -0.170. The van der Waals surface area contributed by atoms with E-state index in [2.05, 4.69) is 15.5 Å². The van der Waals surface area contributed by atoms with Gasteiger partial charge in [-0.05, 0) is 44.9 Å². The summed E-state index contributed by atoms with van der Waals surface area (Å²) >= 11 is 0. The van der Waals surface area contributed by atoms with Crippen LogP contribution in [0, 0.1) is 5.92 Å². The third-order valence-electron chi connectivity index (χ3n) is 5.18. The number of amides is 3. The number of carbonyl (C=O) groups is 2. The lowest BCUT2D eigenvalue weighted by molar-refractivity contribution is -0.137. The van der Waals surface area contributed by atoms with Gasteiger partial charge < -0.3 is 15.5 Å². The Balaban J connectivity index is 1.73. The fraction of sp³-hybridized carbons (Fsp3) is 0.882. The van der Waals surface area contributed by atoms with Crippen LogP contribution in [0.4, 0.5) is 4.79 Å². The number of likely N-dealkylation sites (tertiary alicyclic amines) is 1. The Kier molecular flexibility index (Phi) is 6.52. The van der Waals surface area contributed by atoms with Crippen molar-refractivity contribution in [2.75, 3.05) is 13.1 Å². The van der Waals surface area contributed by atoms with Crippen LogP contribution in [-0.2, 0) is 4.79 Å². The summed E-state index contributed by atoms with van der Waals surface area (Å²) in [6.07, 6.45) is 8.75. The average Bonchev–Trinajstić information content (AvgIpc) is 2.54. The van der Waals surface area contributed by atoms with E-state index in [0.29, 0.717) is 24.9 Å². The number of nitrogens with zero attached hydrogens (tertiary/aromatic N) is 1. The van der Waals surface area contributed by atoms with Gasteiger partial charge in [0.2, 0.25) is 5.91 Å². The minimum Gasteiger partial charge on any atom is -0.339 e. The fourth-order valence-corrected chi connectivity index (χ4v) is 3.74. The molecule has 0 bridgehead atoms. The number of fused-ring (bicyclic) bond motifs is 1. The third-order valence-corrected chi connectivity index (χ3v) is 5.18. The molecule has 0 aromatic carbocycles. The first-order valence-electron chi connectivity index (χ1n) is 8.95. The monoisotopic (exact) mass is 309 g/mol. The van der Waals surface area contributed by atoms with Crippen molar-refractivity contribution >= 4 is 11.9 Å². The molecule has 3 unspecified atom stereocenters. The summed E-state index contributed by atoms with van der Waals surface area (Å²) in [6.45, 7) is 5.33. The molecule has 5 heteroatoms. The number of hydrogen-bond acceptors (Lipinski definition) is 2. The van der Waals surface area contributed by atoms with Crippen LogP contribution in [0.25, 0.3) is 0 Å². The molecular formula is C17H31N3O2. The van der Waals surface area contributed by atoms with E-state index in [-0.39, 0.29) is 18.0 Å². The zero-order valence-corrected chi connectivity index (χ0v) is 14.1. The number of nitrogens with one attached hydrogen (secondary N) is 2. The van der Waals surface area contributed by atoms with Gasteiger partial charge in [-0.2, -0.15) is 0 Å². The maximum absolute atomic E-state index is 12.5. The van der Waals surface area contributed by atoms with Gasteiger partial charge in [0, 0.05) is 31.6 Å². The van der Waals surface area contributed by atoms with Crippen molar-refractivity contribution in [1.29, 1.82) is 0 Å². The number of piperidine rings is 1. The van der Waals surface area contributed by atoms with Gasteiger partial charge in [0.15, 0.2) is 0 Å². The zero-order chi connectivity index (χ0) is 15.9. The normalized spacial score (nSPS) is 26.0. The van der Waals surface area contributed by atoms with Crippen LogP contribution in [0.3, 0.4) is 0 Å². The molecule has 2 aliphatic rings. The molecule has 0 aromatic heterocycles. The van der Waals surface area contributed by atoms with Crippen molar-refractivity contribution in [2.24, 2.45) is 5.92 Å². The second-order valence-corrected chi connectivity index (χ2v) is 6.80. The molecule has 0 radical (unpaired) electrons. The Bertz CT molecular complexity index is 384. The smallest absolute Gasteiger partial charge is 0.315 e. The van der Waals surface area contributed by atoms with Crippen LogP contribution in [0.15, 0.2) is 0 Å². The molecule has 3 atom stereocenters. The largest absolute Gasteiger partial charge is 0.339 e. The van der Waals surface area contributed by atoms with E-state index in [9.17, 15) is 9.59 Å². The summed E-state index contributed by atoms with van der Waals surface area (Å²) in [5.41, 5.74) is 0. The second-order valence-electron chi connectivity index (χ2n) is 6.80. The summed E-state index contributed by atoms with van der Waals surface area (Å²) in [5.74, 6) is 0.925. The van der Waals surface area contributed by atoms with E-state index >= 15 is 0 Å². The molecule has 3 amide bonds. The van der Waals surface area contributed by atoms with Crippen molar-refractivity contribution in [3.05, 3.63) is 0 Å². The summed E-state index contributed by atoms with van der Waals surface area (Å²) in [4.78, 5) is 26.2. The van der Waals surface area contributed by atoms with Crippen LogP contribution in [-0.4, -0.2) is 42.0 Å². The molecule has 1 aliphatic heterocycles. The summed E-state index contributed by atoms with van der Waals surface area (Å²) in [5, 5.41) is 5.65. The van der Waals surface area contributed by atoms with Crippen molar-refractivity contribution in [2.45, 2.75) is 77.3 Å². The van der Waals surface area contributed by atoms with Gasteiger partial charge in [-0.3, -0.25) is 4.79 Å². The molecule has 0 spiro atoms. The summed E-state index contributed by atoms with van der Waals surface area (Å²) in [7, 11) is 0. The second kappa shape index (κ2) is 8.39. The maximum Gasteiger partial charge on any atom is 0.315 e. The lowest BCUT2D eigenvalue weighted by Crippen LogP contribution is -2.50. The first kappa shape index (κ1) is 17.1. The van der Waals surface area contributed by atoms with E-state index in [1.807, 2.05) is 13.8 Å². The van der Waals surface area contributed by atoms with E-state index in [4.69, 9.17) is 0 Å². The van der Waals surface area contributed by atoms with Crippen LogP contribution < -0.4 is 10.6 Å². The van der Waals surface area contributed by atoms with Gasteiger partial charge in [-0.25, -0.2) is 4.79 Å². The van der Waals surface area contributed by atoms with Gasteiger partial charge in [0.05, 0.1) is 0 Å². The van der Waals surface area contributed by atoms with Gasteiger partial charge in [0.1, 0.15) is 0 Å². The highest BCUT2D eigenvalue weighted by Crippen LogP contribution is 2.35. The number of urea groups is 1. The summed E-state index contributed by atoms with van der Waals surface area (Å²) < 4.78 is 0. The molecule has 1 saturated carbocycles. The molecule has 22 heavy (non-hydrogen) atoms. The van der Waals surface area contributed by atoms with Crippen molar-refractivity contribution < 1.29 is 9.59 Å². The zero-order valence-electron chi connectivity index (χ0n) is 14.1. The molecule has 1 heterocycles.